The fraction of sp³-hybridized carbons (Fsp3) is 0.125. The molecule has 0 amide bonds. The number of nitrogens with one attached hydrogen (secondary N) is 1. The van der Waals surface area contributed by atoms with E-state index in [0.29, 0.717) is 5.69 Å². The number of nitrogens with zero attached hydrogens (tertiary/aromatic N) is 1. The number of carbonyl (C=O) groups is 1. The second-order valence-corrected chi connectivity index (χ2v) is 6.79. The lowest BCUT2D eigenvalue weighted by atomic mass is 10.1. The summed E-state index contributed by atoms with van der Waals surface area (Å²) in [4.78, 5) is 12.7. The number of hydrogen-bond acceptors (Lipinski definition) is 5. The standard InChI is InChI=1S/C16H10ClF3N2OS2/c1-24-15(11(8-21)13(23)14-12(17)6-7-25-14)22-10-4-2-9(3-5-10)16(18,19)20/h2-7,22H,1H3. The number of thiophene rings is 1. The number of hydrogen-bond donors (Lipinski definition) is 1. The van der Waals surface area contributed by atoms with Crippen molar-refractivity contribution in [1.29, 1.82) is 5.26 Å². The highest BCUT2D eigenvalue weighted by atomic mass is 35.5. The van der Waals surface area contributed by atoms with Crippen molar-refractivity contribution in [3.63, 3.8) is 0 Å². The predicted molar refractivity (Wildman–Crippen MR) is 94.9 cm³/mol. The number of halogens is 4. The van der Waals surface area contributed by atoms with Gasteiger partial charge in [0.25, 0.3) is 0 Å². The SMILES string of the molecule is CSC(Nc1ccc(C(F)(F)F)cc1)=C(C#N)C(=O)c1sccc1Cl. The summed E-state index contributed by atoms with van der Waals surface area (Å²) in [5, 5.41) is 14.3. The quantitative estimate of drug-likeness (QED) is 0.389. The zero-order chi connectivity index (χ0) is 18.6. The van der Waals surface area contributed by atoms with Gasteiger partial charge in [-0.15, -0.1) is 23.1 Å². The summed E-state index contributed by atoms with van der Waals surface area (Å²) < 4.78 is 37.8. The Balaban J connectivity index is 2.33. The molecule has 0 bridgehead atoms. The van der Waals surface area contributed by atoms with Crippen molar-refractivity contribution in [3.8, 4) is 6.07 Å². The van der Waals surface area contributed by atoms with E-state index in [1.165, 1.54) is 12.1 Å². The highest BCUT2D eigenvalue weighted by Crippen LogP contribution is 2.31. The van der Waals surface area contributed by atoms with Crippen LogP contribution in [0.15, 0.2) is 46.3 Å². The van der Waals surface area contributed by atoms with E-state index in [2.05, 4.69) is 5.32 Å². The molecule has 0 spiro atoms. The molecule has 0 aliphatic rings. The van der Waals surface area contributed by atoms with E-state index in [4.69, 9.17) is 11.6 Å². The molecular formula is C16H10ClF3N2OS2. The fourth-order valence-electron chi connectivity index (χ4n) is 1.86. The first-order chi connectivity index (χ1) is 11.8. The zero-order valence-electron chi connectivity index (χ0n) is 12.6. The summed E-state index contributed by atoms with van der Waals surface area (Å²) in [5.41, 5.74) is -0.610. The number of alkyl halides is 3. The van der Waals surface area contributed by atoms with Crippen LogP contribution in [-0.2, 0) is 6.18 Å². The van der Waals surface area contributed by atoms with Gasteiger partial charge in [-0.05, 0) is 42.0 Å². The third-order valence-electron chi connectivity index (χ3n) is 3.06. The van der Waals surface area contributed by atoms with Gasteiger partial charge in [-0.3, -0.25) is 4.79 Å². The number of benzene rings is 1. The molecule has 3 nitrogen and oxygen atoms in total. The fourth-order valence-corrected chi connectivity index (χ4v) is 3.51. The number of carbonyl (C=O) groups excluding carboxylic acids is 1. The Bertz CT molecular complexity index is 852. The third-order valence-corrected chi connectivity index (χ3v) is 5.12. The maximum Gasteiger partial charge on any atom is 0.416 e. The Kier molecular flexibility index (Phi) is 6.16. The lowest BCUT2D eigenvalue weighted by Gasteiger charge is -2.12. The van der Waals surface area contributed by atoms with E-state index in [1.807, 2.05) is 6.07 Å². The van der Waals surface area contributed by atoms with Gasteiger partial charge in [-0.25, -0.2) is 0 Å². The number of thioether (sulfide) groups is 1. The molecule has 0 unspecified atom stereocenters. The maximum absolute atomic E-state index is 12.6. The maximum atomic E-state index is 12.6. The molecular weight excluding hydrogens is 393 g/mol. The Labute approximate surface area is 155 Å². The molecule has 1 aromatic carbocycles. The summed E-state index contributed by atoms with van der Waals surface area (Å²) in [7, 11) is 0. The van der Waals surface area contributed by atoms with Crippen LogP contribution in [0.25, 0.3) is 0 Å². The summed E-state index contributed by atoms with van der Waals surface area (Å²) in [6, 6.07) is 7.70. The molecule has 0 saturated heterocycles. The minimum absolute atomic E-state index is 0.156. The van der Waals surface area contributed by atoms with E-state index < -0.39 is 17.5 Å². The molecule has 1 N–H and O–H groups in total. The molecule has 2 aromatic rings. The van der Waals surface area contributed by atoms with Crippen molar-refractivity contribution in [2.45, 2.75) is 6.18 Å². The van der Waals surface area contributed by atoms with Crippen LogP contribution in [0.2, 0.25) is 5.02 Å². The minimum atomic E-state index is -4.43. The lowest BCUT2D eigenvalue weighted by Crippen LogP contribution is -2.09. The van der Waals surface area contributed by atoms with Gasteiger partial charge in [0.1, 0.15) is 11.6 Å². The summed E-state index contributed by atoms with van der Waals surface area (Å²) in [5.74, 6) is -0.536. The number of nitriles is 1. The van der Waals surface area contributed by atoms with Gasteiger partial charge in [0.15, 0.2) is 0 Å². The van der Waals surface area contributed by atoms with E-state index >= 15 is 0 Å². The summed E-state index contributed by atoms with van der Waals surface area (Å²) in [6.07, 6.45) is -2.78. The van der Waals surface area contributed by atoms with E-state index in [9.17, 15) is 23.2 Å². The Morgan fingerprint density at radius 2 is 1.92 bits per heavy atom. The monoisotopic (exact) mass is 402 g/mol. The van der Waals surface area contributed by atoms with Gasteiger partial charge in [0, 0.05) is 5.69 Å². The van der Waals surface area contributed by atoms with Crippen LogP contribution < -0.4 is 5.32 Å². The topological polar surface area (TPSA) is 52.9 Å². The van der Waals surface area contributed by atoms with Crippen molar-refractivity contribution in [2.75, 3.05) is 11.6 Å². The van der Waals surface area contributed by atoms with Gasteiger partial charge < -0.3 is 5.32 Å². The van der Waals surface area contributed by atoms with Crippen LogP contribution in [-0.4, -0.2) is 12.0 Å². The van der Waals surface area contributed by atoms with Crippen molar-refractivity contribution >= 4 is 46.2 Å². The first-order valence-corrected chi connectivity index (χ1v) is 9.16. The first-order valence-electron chi connectivity index (χ1n) is 6.68. The molecule has 1 heterocycles. The zero-order valence-corrected chi connectivity index (χ0v) is 15.0. The van der Waals surface area contributed by atoms with Gasteiger partial charge in [0.05, 0.1) is 20.5 Å². The molecule has 0 saturated carbocycles. The Hall–Kier alpha value is -1.95. The van der Waals surface area contributed by atoms with Crippen molar-refractivity contribution in [2.24, 2.45) is 0 Å². The number of Topliss-reactive ketones (excluding diaryl/α,β-unsaturated/α-hetero) is 1. The molecule has 0 atom stereocenters. The van der Waals surface area contributed by atoms with Gasteiger partial charge >= 0.3 is 6.18 Å². The Morgan fingerprint density at radius 3 is 2.36 bits per heavy atom. The highest BCUT2D eigenvalue weighted by Gasteiger charge is 2.30. The van der Waals surface area contributed by atoms with Gasteiger partial charge in [-0.1, -0.05) is 11.6 Å². The first kappa shape index (κ1) is 19.4. The molecule has 0 aliphatic carbocycles. The number of allylic oxidation sites excluding steroid dienone is 1. The average Bonchev–Trinajstić information content (AvgIpc) is 3.00. The van der Waals surface area contributed by atoms with E-state index in [1.54, 1.807) is 17.7 Å². The number of ketones is 1. The van der Waals surface area contributed by atoms with Crippen molar-refractivity contribution in [3.05, 3.63) is 61.8 Å². The second-order valence-electron chi connectivity index (χ2n) is 4.65. The van der Waals surface area contributed by atoms with Crippen LogP contribution in [0, 0.1) is 11.3 Å². The van der Waals surface area contributed by atoms with E-state index in [0.717, 1.165) is 35.2 Å². The molecule has 9 heteroatoms. The smallest absolute Gasteiger partial charge is 0.349 e. The van der Waals surface area contributed by atoms with Crippen LogP contribution in [0.1, 0.15) is 15.2 Å². The molecule has 25 heavy (non-hydrogen) atoms. The van der Waals surface area contributed by atoms with Gasteiger partial charge in [-0.2, -0.15) is 18.4 Å². The van der Waals surface area contributed by atoms with Crippen molar-refractivity contribution < 1.29 is 18.0 Å². The molecule has 0 aliphatic heterocycles. The lowest BCUT2D eigenvalue weighted by molar-refractivity contribution is -0.137. The summed E-state index contributed by atoms with van der Waals surface area (Å²) >= 11 is 8.14. The second kappa shape index (κ2) is 7.95. The molecule has 0 fully saturated rings. The molecule has 130 valence electrons. The molecule has 1 aromatic heterocycles. The number of anilines is 1. The van der Waals surface area contributed by atoms with Gasteiger partial charge in [0.2, 0.25) is 5.78 Å². The largest absolute Gasteiger partial charge is 0.416 e. The summed E-state index contributed by atoms with van der Waals surface area (Å²) in [6.45, 7) is 0. The van der Waals surface area contributed by atoms with Crippen LogP contribution in [0.5, 0.6) is 0 Å². The normalized spacial score (nSPS) is 12.3. The molecule has 2 rings (SSSR count). The highest BCUT2D eigenvalue weighted by molar-refractivity contribution is 8.02. The Morgan fingerprint density at radius 1 is 1.28 bits per heavy atom. The minimum Gasteiger partial charge on any atom is -0.349 e. The van der Waals surface area contributed by atoms with Crippen molar-refractivity contribution in [1.82, 2.24) is 0 Å². The van der Waals surface area contributed by atoms with E-state index in [-0.39, 0.29) is 20.5 Å². The third kappa shape index (κ3) is 4.57. The average molecular weight is 403 g/mol. The predicted octanol–water partition coefficient (Wildman–Crippen LogP) is 5.81. The number of rotatable bonds is 5. The van der Waals surface area contributed by atoms with Crippen LogP contribution in [0.4, 0.5) is 18.9 Å². The van der Waals surface area contributed by atoms with Crippen LogP contribution >= 0.6 is 34.7 Å². The molecule has 0 radical (unpaired) electrons. The van der Waals surface area contributed by atoms with Crippen LogP contribution in [0.3, 0.4) is 0 Å².